The Morgan fingerprint density at radius 1 is 1.25 bits per heavy atom. The van der Waals surface area contributed by atoms with Gasteiger partial charge < -0.3 is 9.84 Å². The second kappa shape index (κ2) is 7.47. The standard InChI is InChI=1S/C14H15ClN2O2S/c1-10-6-16-14(17-7-10)20-9-12(18)8-19-13-4-2-11(15)3-5-13/h2-7,12,18H,8-9H2,1H3. The molecule has 106 valence electrons. The van der Waals surface area contributed by atoms with Gasteiger partial charge in [-0.1, -0.05) is 23.4 Å². The average molecular weight is 311 g/mol. The number of aliphatic hydroxyl groups is 1. The van der Waals surface area contributed by atoms with E-state index >= 15 is 0 Å². The molecule has 1 heterocycles. The Bertz CT molecular complexity index is 484. The highest BCUT2D eigenvalue weighted by Gasteiger charge is 2.07. The van der Waals surface area contributed by atoms with Gasteiger partial charge >= 0.3 is 0 Å². The molecule has 0 aliphatic heterocycles. The molecule has 0 amide bonds. The van der Waals surface area contributed by atoms with E-state index < -0.39 is 6.10 Å². The Kier molecular flexibility index (Phi) is 5.64. The molecule has 1 aromatic heterocycles. The highest BCUT2D eigenvalue weighted by Crippen LogP contribution is 2.17. The van der Waals surface area contributed by atoms with Crippen LogP contribution in [-0.2, 0) is 0 Å². The molecule has 1 unspecified atom stereocenters. The largest absolute Gasteiger partial charge is 0.491 e. The maximum absolute atomic E-state index is 9.85. The number of benzene rings is 1. The minimum atomic E-state index is -0.583. The van der Waals surface area contributed by atoms with Crippen LogP contribution in [0.2, 0.25) is 5.02 Å². The van der Waals surface area contributed by atoms with E-state index in [0.29, 0.717) is 21.7 Å². The smallest absolute Gasteiger partial charge is 0.187 e. The first-order chi connectivity index (χ1) is 9.63. The normalized spacial score (nSPS) is 12.2. The van der Waals surface area contributed by atoms with Crippen molar-refractivity contribution in [2.45, 2.75) is 18.2 Å². The summed E-state index contributed by atoms with van der Waals surface area (Å²) in [7, 11) is 0. The number of hydrogen-bond donors (Lipinski definition) is 1. The van der Waals surface area contributed by atoms with E-state index in [1.807, 2.05) is 6.92 Å². The van der Waals surface area contributed by atoms with E-state index in [9.17, 15) is 5.11 Å². The van der Waals surface area contributed by atoms with Crippen molar-refractivity contribution < 1.29 is 9.84 Å². The second-order valence-corrected chi connectivity index (χ2v) is 5.70. The number of aliphatic hydroxyl groups excluding tert-OH is 1. The predicted octanol–water partition coefficient (Wildman–Crippen LogP) is 2.97. The van der Waals surface area contributed by atoms with E-state index in [1.165, 1.54) is 11.8 Å². The molecule has 4 nitrogen and oxygen atoms in total. The van der Waals surface area contributed by atoms with E-state index in [-0.39, 0.29) is 6.61 Å². The molecule has 2 aromatic rings. The first-order valence-corrected chi connectivity index (χ1v) is 7.48. The molecule has 0 saturated heterocycles. The summed E-state index contributed by atoms with van der Waals surface area (Å²) in [5.74, 6) is 1.17. The van der Waals surface area contributed by atoms with Crippen molar-refractivity contribution in [3.05, 3.63) is 47.2 Å². The van der Waals surface area contributed by atoms with E-state index in [4.69, 9.17) is 16.3 Å². The van der Waals surface area contributed by atoms with Crippen LogP contribution in [0.25, 0.3) is 0 Å². The molecular weight excluding hydrogens is 296 g/mol. The Morgan fingerprint density at radius 2 is 1.90 bits per heavy atom. The van der Waals surface area contributed by atoms with Crippen LogP contribution in [0.15, 0.2) is 41.8 Å². The van der Waals surface area contributed by atoms with Crippen molar-refractivity contribution in [2.24, 2.45) is 0 Å². The third kappa shape index (κ3) is 5.00. The lowest BCUT2D eigenvalue weighted by atomic mass is 10.3. The summed E-state index contributed by atoms with van der Waals surface area (Å²) < 4.78 is 5.47. The van der Waals surface area contributed by atoms with Gasteiger partial charge in [0, 0.05) is 23.2 Å². The Balaban J connectivity index is 1.73. The minimum Gasteiger partial charge on any atom is -0.491 e. The third-order valence-electron chi connectivity index (χ3n) is 2.42. The van der Waals surface area contributed by atoms with E-state index in [0.717, 1.165) is 5.56 Å². The summed E-state index contributed by atoms with van der Waals surface area (Å²) in [6.07, 6.45) is 2.93. The Labute approximate surface area is 127 Å². The van der Waals surface area contributed by atoms with Crippen LogP contribution in [0.4, 0.5) is 0 Å². The number of hydrogen-bond acceptors (Lipinski definition) is 5. The Morgan fingerprint density at radius 3 is 2.55 bits per heavy atom. The van der Waals surface area contributed by atoms with Crippen LogP contribution in [0.1, 0.15) is 5.56 Å². The highest BCUT2D eigenvalue weighted by atomic mass is 35.5. The fourth-order valence-electron chi connectivity index (χ4n) is 1.40. The summed E-state index contributed by atoms with van der Waals surface area (Å²) >= 11 is 7.18. The molecule has 0 bridgehead atoms. The molecule has 0 radical (unpaired) electrons. The number of halogens is 1. The molecule has 2 rings (SSSR count). The number of nitrogens with zero attached hydrogens (tertiary/aromatic N) is 2. The number of thioether (sulfide) groups is 1. The average Bonchev–Trinajstić information content (AvgIpc) is 2.46. The molecule has 1 aromatic carbocycles. The van der Waals surface area contributed by atoms with Crippen LogP contribution in [0, 0.1) is 6.92 Å². The summed E-state index contributed by atoms with van der Waals surface area (Å²) in [4.78, 5) is 8.33. The van der Waals surface area contributed by atoms with Crippen molar-refractivity contribution in [3.8, 4) is 5.75 Å². The lowest BCUT2D eigenvalue weighted by Crippen LogP contribution is -2.20. The van der Waals surface area contributed by atoms with E-state index in [2.05, 4.69) is 9.97 Å². The van der Waals surface area contributed by atoms with Crippen molar-refractivity contribution in [1.29, 1.82) is 0 Å². The lowest BCUT2D eigenvalue weighted by molar-refractivity contribution is 0.126. The second-order valence-electron chi connectivity index (χ2n) is 4.27. The topological polar surface area (TPSA) is 55.2 Å². The monoisotopic (exact) mass is 310 g/mol. The summed E-state index contributed by atoms with van der Waals surface area (Å²) in [6, 6.07) is 7.03. The van der Waals surface area contributed by atoms with Gasteiger partial charge in [-0.05, 0) is 36.8 Å². The summed E-state index contributed by atoms with van der Waals surface area (Å²) in [5.41, 5.74) is 1.01. The van der Waals surface area contributed by atoms with Crippen molar-refractivity contribution in [2.75, 3.05) is 12.4 Å². The number of aryl methyl sites for hydroxylation is 1. The first-order valence-electron chi connectivity index (χ1n) is 6.11. The van der Waals surface area contributed by atoms with Crippen molar-refractivity contribution >= 4 is 23.4 Å². The van der Waals surface area contributed by atoms with Gasteiger partial charge in [0.15, 0.2) is 5.16 Å². The van der Waals surface area contributed by atoms with Gasteiger partial charge in [-0.3, -0.25) is 0 Å². The van der Waals surface area contributed by atoms with Gasteiger partial charge in [0.1, 0.15) is 12.4 Å². The molecule has 0 saturated carbocycles. The maximum Gasteiger partial charge on any atom is 0.187 e. The van der Waals surface area contributed by atoms with E-state index in [1.54, 1.807) is 36.7 Å². The maximum atomic E-state index is 9.85. The van der Waals surface area contributed by atoms with Gasteiger partial charge in [0.25, 0.3) is 0 Å². The molecular formula is C14H15ClN2O2S. The highest BCUT2D eigenvalue weighted by molar-refractivity contribution is 7.99. The van der Waals surface area contributed by atoms with Crippen molar-refractivity contribution in [1.82, 2.24) is 9.97 Å². The van der Waals surface area contributed by atoms with Crippen LogP contribution in [0.3, 0.4) is 0 Å². The van der Waals surface area contributed by atoms with Gasteiger partial charge in [0.2, 0.25) is 0 Å². The zero-order valence-corrected chi connectivity index (χ0v) is 12.6. The molecule has 1 N–H and O–H groups in total. The number of rotatable bonds is 6. The minimum absolute atomic E-state index is 0.223. The quantitative estimate of drug-likeness (QED) is 0.656. The van der Waals surface area contributed by atoms with Crippen LogP contribution in [0.5, 0.6) is 5.75 Å². The third-order valence-corrected chi connectivity index (χ3v) is 3.69. The fourth-order valence-corrected chi connectivity index (χ4v) is 2.22. The predicted molar refractivity (Wildman–Crippen MR) is 80.4 cm³/mol. The van der Waals surface area contributed by atoms with Gasteiger partial charge in [0.05, 0.1) is 6.10 Å². The molecule has 0 aliphatic rings. The van der Waals surface area contributed by atoms with Crippen LogP contribution < -0.4 is 4.74 Å². The zero-order chi connectivity index (χ0) is 14.4. The molecule has 0 aliphatic carbocycles. The van der Waals surface area contributed by atoms with Gasteiger partial charge in [-0.25, -0.2) is 9.97 Å². The molecule has 0 fully saturated rings. The summed E-state index contributed by atoms with van der Waals surface area (Å²) in [5, 5.41) is 11.2. The van der Waals surface area contributed by atoms with Crippen molar-refractivity contribution in [3.63, 3.8) is 0 Å². The Hall–Kier alpha value is -1.30. The zero-order valence-electron chi connectivity index (χ0n) is 11.0. The fraction of sp³-hybridized carbons (Fsp3) is 0.286. The summed E-state index contributed by atoms with van der Waals surface area (Å²) in [6.45, 7) is 2.16. The molecule has 6 heteroatoms. The number of ether oxygens (including phenoxy) is 1. The lowest BCUT2D eigenvalue weighted by Gasteiger charge is -2.11. The van der Waals surface area contributed by atoms with Gasteiger partial charge in [-0.15, -0.1) is 0 Å². The number of aromatic nitrogens is 2. The SMILES string of the molecule is Cc1cnc(SCC(O)COc2ccc(Cl)cc2)nc1. The molecule has 20 heavy (non-hydrogen) atoms. The molecule has 1 atom stereocenters. The van der Waals surface area contributed by atoms with Crippen LogP contribution >= 0.6 is 23.4 Å². The van der Waals surface area contributed by atoms with Crippen LogP contribution in [-0.4, -0.2) is 33.5 Å². The van der Waals surface area contributed by atoms with Gasteiger partial charge in [-0.2, -0.15) is 0 Å². The molecule has 0 spiro atoms. The first kappa shape index (κ1) is 15.1.